The van der Waals surface area contributed by atoms with Crippen molar-refractivity contribution in [2.24, 2.45) is 13.0 Å². The third-order valence-corrected chi connectivity index (χ3v) is 4.30. The van der Waals surface area contributed by atoms with Crippen LogP contribution in [-0.2, 0) is 21.8 Å². The molecule has 2 heterocycles. The third-order valence-electron chi connectivity index (χ3n) is 2.75. The van der Waals surface area contributed by atoms with E-state index in [-0.39, 0.29) is 16.8 Å². The van der Waals surface area contributed by atoms with Gasteiger partial charge in [-0.05, 0) is 12.3 Å². The topological polar surface area (TPSA) is 99.2 Å². The lowest BCUT2D eigenvalue weighted by molar-refractivity contribution is 0.186. The normalized spacial score (nSPS) is 20.9. The summed E-state index contributed by atoms with van der Waals surface area (Å²) in [6.07, 6.45) is 2.26. The van der Waals surface area contributed by atoms with Crippen LogP contribution in [0.15, 0.2) is 11.4 Å². The predicted octanol–water partition coefficient (Wildman–Crippen LogP) is -0.683. The molecule has 0 aliphatic carbocycles. The summed E-state index contributed by atoms with van der Waals surface area (Å²) in [6.45, 7) is 1.66. The van der Waals surface area contributed by atoms with Gasteiger partial charge in [-0.1, -0.05) is 0 Å². The number of sulfonamides is 1. The number of anilines is 1. The molecule has 1 saturated heterocycles. The molecule has 1 aliphatic heterocycles. The van der Waals surface area contributed by atoms with E-state index in [2.05, 4.69) is 9.71 Å². The second kappa shape index (κ2) is 4.63. The highest BCUT2D eigenvalue weighted by molar-refractivity contribution is 7.89. The number of nitrogens with zero attached hydrogens (tertiary/aromatic N) is 2. The van der Waals surface area contributed by atoms with Crippen LogP contribution in [0.3, 0.4) is 0 Å². The molecule has 3 N–H and O–H groups in total. The average Bonchev–Trinajstić information content (AvgIpc) is 2.86. The van der Waals surface area contributed by atoms with Crippen molar-refractivity contribution in [2.75, 3.05) is 25.5 Å². The molecule has 0 aromatic carbocycles. The molecular weight excluding hydrogens is 244 g/mol. The van der Waals surface area contributed by atoms with Gasteiger partial charge in [0.05, 0.1) is 12.9 Å². The van der Waals surface area contributed by atoms with Crippen molar-refractivity contribution >= 4 is 15.8 Å². The number of nitrogens with two attached hydrogens (primary N) is 1. The zero-order valence-electron chi connectivity index (χ0n) is 9.59. The number of nitrogens with one attached hydrogen (secondary N) is 1. The number of hydrogen-bond donors (Lipinski definition) is 2. The molecule has 1 unspecified atom stereocenters. The van der Waals surface area contributed by atoms with Crippen molar-refractivity contribution in [3.8, 4) is 0 Å². The van der Waals surface area contributed by atoms with Gasteiger partial charge < -0.3 is 15.0 Å². The number of aromatic nitrogens is 2. The lowest BCUT2D eigenvalue weighted by atomic mass is 10.1. The second-order valence-corrected chi connectivity index (χ2v) is 5.81. The molecule has 1 aromatic heterocycles. The van der Waals surface area contributed by atoms with Gasteiger partial charge in [0.15, 0.2) is 10.8 Å². The number of hydrogen-bond acceptors (Lipinski definition) is 5. The van der Waals surface area contributed by atoms with E-state index in [0.717, 1.165) is 6.42 Å². The van der Waals surface area contributed by atoms with Gasteiger partial charge in [0.1, 0.15) is 0 Å². The summed E-state index contributed by atoms with van der Waals surface area (Å²) in [7, 11) is -2.00. The molecule has 7 nitrogen and oxygen atoms in total. The van der Waals surface area contributed by atoms with E-state index in [9.17, 15) is 8.42 Å². The first-order valence-electron chi connectivity index (χ1n) is 5.35. The van der Waals surface area contributed by atoms with E-state index in [1.807, 2.05) is 0 Å². The zero-order chi connectivity index (χ0) is 12.5. The largest absolute Gasteiger partial charge is 0.381 e. The smallest absolute Gasteiger partial charge is 0.260 e. The Labute approximate surface area is 100 Å². The summed E-state index contributed by atoms with van der Waals surface area (Å²) in [6, 6.07) is 0. The van der Waals surface area contributed by atoms with Crippen molar-refractivity contribution in [3.63, 3.8) is 0 Å². The van der Waals surface area contributed by atoms with Crippen LogP contribution >= 0.6 is 0 Å². The monoisotopic (exact) mass is 260 g/mol. The molecule has 0 saturated carbocycles. The van der Waals surface area contributed by atoms with E-state index in [4.69, 9.17) is 10.5 Å². The standard InChI is InChI=1S/C9H16N4O3S/c1-13-6-11-8(10)9(13)17(14,15)12-4-7-2-3-16-5-7/h6-7,12H,2-5,10H2,1H3. The molecule has 1 atom stereocenters. The van der Waals surface area contributed by atoms with Crippen molar-refractivity contribution in [2.45, 2.75) is 11.4 Å². The van der Waals surface area contributed by atoms with Crippen LogP contribution in [0.4, 0.5) is 5.82 Å². The van der Waals surface area contributed by atoms with E-state index in [1.54, 1.807) is 7.05 Å². The van der Waals surface area contributed by atoms with Crippen LogP contribution in [0.2, 0.25) is 0 Å². The SMILES string of the molecule is Cn1cnc(N)c1S(=O)(=O)NCC1CCOC1. The maximum atomic E-state index is 12.0. The van der Waals surface area contributed by atoms with Crippen LogP contribution in [0.25, 0.3) is 0 Å². The molecule has 8 heteroatoms. The molecule has 0 radical (unpaired) electrons. The zero-order valence-corrected chi connectivity index (χ0v) is 10.4. The molecule has 1 aliphatic rings. The molecule has 1 fully saturated rings. The maximum Gasteiger partial charge on any atom is 0.260 e. The molecule has 0 amide bonds. The van der Waals surface area contributed by atoms with Gasteiger partial charge in [0.2, 0.25) is 0 Å². The minimum Gasteiger partial charge on any atom is -0.381 e. The van der Waals surface area contributed by atoms with Crippen molar-refractivity contribution in [3.05, 3.63) is 6.33 Å². The Balaban J connectivity index is 2.08. The fourth-order valence-corrected chi connectivity index (χ4v) is 3.15. The highest BCUT2D eigenvalue weighted by atomic mass is 32.2. The molecule has 0 bridgehead atoms. The summed E-state index contributed by atoms with van der Waals surface area (Å²) >= 11 is 0. The fourth-order valence-electron chi connectivity index (χ4n) is 1.80. The number of nitrogen functional groups attached to an aromatic ring is 1. The van der Waals surface area contributed by atoms with E-state index < -0.39 is 10.0 Å². The first kappa shape index (κ1) is 12.3. The molecule has 2 rings (SSSR count). The van der Waals surface area contributed by atoms with Crippen LogP contribution in [0.5, 0.6) is 0 Å². The van der Waals surface area contributed by atoms with Gasteiger partial charge in [-0.25, -0.2) is 18.1 Å². The minimum atomic E-state index is -3.60. The Morgan fingerprint density at radius 1 is 1.71 bits per heavy atom. The van der Waals surface area contributed by atoms with Gasteiger partial charge in [0.25, 0.3) is 10.0 Å². The van der Waals surface area contributed by atoms with Crippen LogP contribution in [-0.4, -0.2) is 37.7 Å². The molecule has 0 spiro atoms. The Hall–Kier alpha value is -1.12. The highest BCUT2D eigenvalue weighted by Gasteiger charge is 2.24. The number of imidazole rings is 1. The summed E-state index contributed by atoms with van der Waals surface area (Å²) in [5, 5.41) is 0.0106. The lowest BCUT2D eigenvalue weighted by Gasteiger charge is -2.10. The third kappa shape index (κ3) is 2.59. The Bertz CT molecular complexity index is 471. The van der Waals surface area contributed by atoms with Gasteiger partial charge >= 0.3 is 0 Å². The van der Waals surface area contributed by atoms with Gasteiger partial charge in [0, 0.05) is 20.2 Å². The predicted molar refractivity (Wildman–Crippen MR) is 61.7 cm³/mol. The minimum absolute atomic E-state index is 0.0106. The van der Waals surface area contributed by atoms with E-state index in [1.165, 1.54) is 10.9 Å². The number of ether oxygens (including phenoxy) is 1. The lowest BCUT2D eigenvalue weighted by Crippen LogP contribution is -2.31. The molecule has 1 aromatic rings. The summed E-state index contributed by atoms with van der Waals surface area (Å²) in [5.41, 5.74) is 5.54. The number of rotatable bonds is 4. The van der Waals surface area contributed by atoms with Crippen LogP contribution < -0.4 is 10.5 Å². The van der Waals surface area contributed by atoms with Crippen LogP contribution in [0, 0.1) is 5.92 Å². The number of aryl methyl sites for hydroxylation is 1. The van der Waals surface area contributed by atoms with Gasteiger partial charge in [-0.3, -0.25) is 0 Å². The fraction of sp³-hybridized carbons (Fsp3) is 0.667. The van der Waals surface area contributed by atoms with Gasteiger partial charge in [-0.15, -0.1) is 0 Å². The molecule has 17 heavy (non-hydrogen) atoms. The van der Waals surface area contributed by atoms with E-state index >= 15 is 0 Å². The Morgan fingerprint density at radius 3 is 3.00 bits per heavy atom. The Kier molecular flexibility index (Phi) is 3.36. The van der Waals surface area contributed by atoms with Crippen molar-refractivity contribution in [1.82, 2.24) is 14.3 Å². The summed E-state index contributed by atoms with van der Waals surface area (Å²) in [5.74, 6) is 0.252. The van der Waals surface area contributed by atoms with Crippen molar-refractivity contribution in [1.29, 1.82) is 0 Å². The van der Waals surface area contributed by atoms with E-state index in [0.29, 0.717) is 19.8 Å². The maximum absolute atomic E-state index is 12.0. The second-order valence-electron chi connectivity index (χ2n) is 4.13. The van der Waals surface area contributed by atoms with Crippen LogP contribution in [0.1, 0.15) is 6.42 Å². The van der Waals surface area contributed by atoms with Crippen molar-refractivity contribution < 1.29 is 13.2 Å². The summed E-state index contributed by atoms with van der Waals surface area (Å²) in [4.78, 5) is 3.76. The Morgan fingerprint density at radius 2 is 2.47 bits per heavy atom. The first-order chi connectivity index (χ1) is 8.00. The summed E-state index contributed by atoms with van der Waals surface area (Å²) < 4.78 is 33.1. The first-order valence-corrected chi connectivity index (χ1v) is 6.83. The molecular formula is C9H16N4O3S. The average molecular weight is 260 g/mol. The molecule has 96 valence electrons. The quantitative estimate of drug-likeness (QED) is 0.747. The van der Waals surface area contributed by atoms with Gasteiger partial charge in [-0.2, -0.15) is 0 Å². The highest BCUT2D eigenvalue weighted by Crippen LogP contribution is 2.16.